The van der Waals surface area contributed by atoms with Gasteiger partial charge in [-0.25, -0.2) is 9.59 Å². The van der Waals surface area contributed by atoms with E-state index in [1.165, 1.54) is 11.1 Å². The number of nitrogens with one attached hydrogen (secondary N) is 1. The Hall–Kier alpha value is -4.42. The number of cyclic esters (lactones) is 1. The third kappa shape index (κ3) is 10.9. The molecule has 1 aromatic carbocycles. The van der Waals surface area contributed by atoms with Gasteiger partial charge in [-0.2, -0.15) is 5.06 Å². The number of carbonyl (C=O) groups is 6. The minimum absolute atomic E-state index is 0.0192. The van der Waals surface area contributed by atoms with Gasteiger partial charge in [-0.1, -0.05) is 77.6 Å². The number of likely N-dealkylation sites (tertiary alicyclic amines) is 1. The van der Waals surface area contributed by atoms with Crippen molar-refractivity contribution in [3.8, 4) is 0 Å². The first-order valence-corrected chi connectivity index (χ1v) is 24.4. The first-order chi connectivity index (χ1) is 31.8. The second-order valence-electron chi connectivity index (χ2n) is 20.9. The number of fused-ring (bicyclic) bond motifs is 4. The Bertz CT molecular complexity index is 2010. The van der Waals surface area contributed by atoms with Gasteiger partial charge in [0, 0.05) is 43.7 Å². The van der Waals surface area contributed by atoms with Gasteiger partial charge in [-0.05, 0) is 70.1 Å². The molecule has 1 saturated carbocycles. The van der Waals surface area contributed by atoms with E-state index in [-0.39, 0.29) is 39.0 Å². The Balaban J connectivity index is 1.14. The van der Waals surface area contributed by atoms with E-state index in [0.29, 0.717) is 31.2 Å². The smallest absolute Gasteiger partial charge is 0.348 e. The van der Waals surface area contributed by atoms with Crippen LogP contribution in [0.2, 0.25) is 0 Å². The van der Waals surface area contributed by atoms with Gasteiger partial charge in [0.25, 0.3) is 0 Å². The van der Waals surface area contributed by atoms with E-state index in [1.54, 1.807) is 57.7 Å². The summed E-state index contributed by atoms with van der Waals surface area (Å²) in [4.78, 5) is 90.0. The van der Waals surface area contributed by atoms with Crippen molar-refractivity contribution in [1.82, 2.24) is 15.3 Å². The van der Waals surface area contributed by atoms with E-state index < -0.39 is 113 Å². The summed E-state index contributed by atoms with van der Waals surface area (Å²) in [6.07, 6.45) is 6.71. The van der Waals surface area contributed by atoms with Crippen LogP contribution in [-0.4, -0.2) is 131 Å². The maximum absolute atomic E-state index is 15.6. The minimum atomic E-state index is -1.51. The second-order valence-corrected chi connectivity index (χ2v) is 20.9. The molecule has 2 bridgehead atoms. The van der Waals surface area contributed by atoms with Crippen LogP contribution in [0.25, 0.3) is 6.08 Å². The standard InChI is InChI=1S/C50H71N3O14/c1-8-10-12-24-49(25-13-11-9-2)65-38-35-27-50(46(60)52-26-14-15-34(52)43(57)51-33(29-54)21-23-37(56)64-47(3,4)5)40(44(58)62-35)53(67-41(50)39(38)66-49)28-32-18-16-31(17-19-32)20-22-36(55)63-42-45(59)61-30-48(42,6)7/h16-20,22,33-35,38-42,54H,8-15,21,23-30H2,1-7H3,(H,51,57). The van der Waals surface area contributed by atoms with Crippen LogP contribution < -0.4 is 5.32 Å². The molecular formula is C50H71N3O14. The zero-order chi connectivity index (χ0) is 48.3. The normalized spacial score (nSPS) is 29.9. The molecular weight excluding hydrogens is 867 g/mol. The number of esters is 4. The molecule has 17 heteroatoms. The zero-order valence-electron chi connectivity index (χ0n) is 40.3. The lowest BCUT2D eigenvalue weighted by Gasteiger charge is -2.50. The van der Waals surface area contributed by atoms with Crippen LogP contribution in [0.4, 0.5) is 0 Å². The molecule has 6 fully saturated rings. The third-order valence-corrected chi connectivity index (χ3v) is 13.9. The molecule has 9 unspecified atom stereocenters. The second kappa shape index (κ2) is 20.7. The van der Waals surface area contributed by atoms with Crippen molar-refractivity contribution in [1.29, 1.82) is 0 Å². The monoisotopic (exact) mass is 937 g/mol. The number of hydroxylamine groups is 2. The van der Waals surface area contributed by atoms with Crippen molar-refractivity contribution in [2.75, 3.05) is 19.8 Å². The van der Waals surface area contributed by atoms with Gasteiger partial charge in [0.2, 0.25) is 17.9 Å². The van der Waals surface area contributed by atoms with Crippen LogP contribution in [0.3, 0.4) is 0 Å². The Kier molecular flexibility index (Phi) is 15.6. The first-order valence-electron chi connectivity index (χ1n) is 24.4. The summed E-state index contributed by atoms with van der Waals surface area (Å²) in [6.45, 7) is 13.2. The molecule has 5 heterocycles. The van der Waals surface area contributed by atoms with Gasteiger partial charge < -0.3 is 43.7 Å². The highest BCUT2D eigenvalue weighted by Crippen LogP contribution is 2.59. The summed E-state index contributed by atoms with van der Waals surface area (Å²) in [7, 11) is 0. The van der Waals surface area contributed by atoms with Crippen molar-refractivity contribution in [3.05, 3.63) is 41.5 Å². The average molecular weight is 938 g/mol. The van der Waals surface area contributed by atoms with E-state index in [0.717, 1.165) is 44.1 Å². The highest BCUT2D eigenvalue weighted by atomic mass is 16.8. The molecule has 0 spiro atoms. The lowest BCUT2D eigenvalue weighted by molar-refractivity contribution is -0.225. The van der Waals surface area contributed by atoms with Gasteiger partial charge in [0.1, 0.15) is 48.1 Å². The van der Waals surface area contributed by atoms with Crippen LogP contribution in [0.5, 0.6) is 0 Å². The number of hydrogen-bond donors (Lipinski definition) is 2. The number of nitrogens with zero attached hydrogens (tertiary/aromatic N) is 2. The van der Waals surface area contributed by atoms with Crippen LogP contribution >= 0.6 is 0 Å². The molecule has 17 nitrogen and oxygen atoms in total. The number of amides is 2. The fourth-order valence-electron chi connectivity index (χ4n) is 10.6. The van der Waals surface area contributed by atoms with Crippen LogP contribution in [0.1, 0.15) is 143 Å². The van der Waals surface area contributed by atoms with E-state index in [4.69, 9.17) is 33.3 Å². The first kappa shape index (κ1) is 50.5. The molecule has 67 heavy (non-hydrogen) atoms. The maximum Gasteiger partial charge on any atom is 0.348 e. The van der Waals surface area contributed by atoms with Gasteiger partial charge in [0.05, 0.1) is 19.2 Å². The lowest BCUT2D eigenvalue weighted by atomic mass is 9.62. The number of unbranched alkanes of at least 4 members (excludes halogenated alkanes) is 4. The number of rotatable bonds is 20. The molecule has 2 amide bonds. The van der Waals surface area contributed by atoms with Crippen LogP contribution in [0.15, 0.2) is 30.3 Å². The van der Waals surface area contributed by atoms with Crippen molar-refractivity contribution < 1.29 is 67.1 Å². The average Bonchev–Trinajstić information content (AvgIpc) is 4.06. The predicted molar refractivity (Wildman–Crippen MR) is 241 cm³/mol. The highest BCUT2D eigenvalue weighted by Gasteiger charge is 2.77. The quantitative estimate of drug-likeness (QED) is 0.0744. The predicted octanol–water partition coefficient (Wildman–Crippen LogP) is 5.23. The van der Waals surface area contributed by atoms with E-state index in [1.807, 2.05) is 12.1 Å². The molecule has 0 aromatic heterocycles. The number of aliphatic hydroxyl groups excluding tert-OH is 1. The molecule has 370 valence electrons. The minimum Gasteiger partial charge on any atom is -0.462 e. The van der Waals surface area contributed by atoms with Gasteiger partial charge in [-0.3, -0.25) is 24.0 Å². The van der Waals surface area contributed by atoms with E-state index >= 15 is 4.79 Å². The highest BCUT2D eigenvalue weighted by molar-refractivity contribution is 5.97. The van der Waals surface area contributed by atoms with Gasteiger partial charge in [0.15, 0.2) is 11.8 Å². The molecule has 5 saturated heterocycles. The number of carbonyl (C=O) groups excluding carboxylic acids is 6. The molecule has 0 radical (unpaired) electrons. The maximum atomic E-state index is 15.6. The molecule has 1 aromatic rings. The van der Waals surface area contributed by atoms with Crippen molar-refractivity contribution >= 4 is 41.8 Å². The molecule has 6 aliphatic rings. The lowest BCUT2D eigenvalue weighted by Crippen LogP contribution is -2.70. The molecule has 1 aliphatic carbocycles. The molecule has 2 N–H and O–H groups in total. The Morgan fingerprint density at radius 3 is 2.28 bits per heavy atom. The summed E-state index contributed by atoms with van der Waals surface area (Å²) in [6, 6.07) is 4.38. The summed E-state index contributed by atoms with van der Waals surface area (Å²) in [5.41, 5.74) is -1.42. The molecule has 5 aliphatic heterocycles. The summed E-state index contributed by atoms with van der Waals surface area (Å²) < 4.78 is 36.2. The van der Waals surface area contributed by atoms with Crippen LogP contribution in [-0.2, 0) is 68.6 Å². The summed E-state index contributed by atoms with van der Waals surface area (Å²) in [5.74, 6) is -4.16. The Morgan fingerprint density at radius 1 is 0.970 bits per heavy atom. The van der Waals surface area contributed by atoms with Crippen LogP contribution in [0, 0.1) is 10.8 Å². The number of aliphatic hydroxyl groups is 1. The SMILES string of the molecule is CCCCCC1(CCCCC)OC2C3CC4(C(=O)N5CCCC5C(=O)NC(CO)CCC(=O)OC(C)(C)C)C(ON(Cc5ccc(C=CC(=O)OC6C(=O)OCC6(C)C)cc5)C4C(=O)O3)C2O1. The number of hydrogen-bond acceptors (Lipinski definition) is 15. The Morgan fingerprint density at radius 2 is 1.66 bits per heavy atom. The number of benzene rings is 1. The fraction of sp³-hybridized carbons (Fsp3) is 0.720. The zero-order valence-corrected chi connectivity index (χ0v) is 40.3. The topological polar surface area (TPSA) is 206 Å². The molecule has 7 rings (SSSR count). The summed E-state index contributed by atoms with van der Waals surface area (Å²) in [5, 5.41) is 14.6. The fourth-order valence-corrected chi connectivity index (χ4v) is 10.6. The van der Waals surface area contributed by atoms with Crippen molar-refractivity contribution in [3.63, 3.8) is 0 Å². The van der Waals surface area contributed by atoms with E-state index in [9.17, 15) is 29.1 Å². The number of ether oxygens (including phenoxy) is 6. The third-order valence-electron chi connectivity index (χ3n) is 13.9. The summed E-state index contributed by atoms with van der Waals surface area (Å²) >= 11 is 0. The Labute approximate surface area is 393 Å². The van der Waals surface area contributed by atoms with E-state index in [2.05, 4.69) is 19.2 Å². The molecule has 9 atom stereocenters. The van der Waals surface area contributed by atoms with Crippen molar-refractivity contribution in [2.24, 2.45) is 10.8 Å². The van der Waals surface area contributed by atoms with Gasteiger partial charge in [-0.15, -0.1) is 0 Å². The van der Waals surface area contributed by atoms with Crippen molar-refractivity contribution in [2.45, 2.75) is 199 Å². The largest absolute Gasteiger partial charge is 0.462 e. The van der Waals surface area contributed by atoms with Gasteiger partial charge >= 0.3 is 23.9 Å².